The highest BCUT2D eigenvalue weighted by atomic mass is 16.5. The van der Waals surface area contributed by atoms with E-state index >= 15 is 0 Å². The first-order valence-corrected chi connectivity index (χ1v) is 4.99. The van der Waals surface area contributed by atoms with Gasteiger partial charge in [0.2, 0.25) is 0 Å². The van der Waals surface area contributed by atoms with Crippen LogP contribution in [0.15, 0.2) is 30.8 Å². The number of ether oxygens (including phenoxy) is 1. The maximum Gasteiger partial charge on any atom is 0.120 e. The molecule has 0 fully saturated rings. The van der Waals surface area contributed by atoms with E-state index in [1.54, 1.807) is 0 Å². The van der Waals surface area contributed by atoms with E-state index in [1.165, 1.54) is 0 Å². The monoisotopic (exact) mass is 190 g/mol. The Morgan fingerprint density at radius 1 is 1.29 bits per heavy atom. The van der Waals surface area contributed by atoms with Crippen molar-refractivity contribution in [3.63, 3.8) is 0 Å². The second kappa shape index (κ2) is 4.32. The van der Waals surface area contributed by atoms with Gasteiger partial charge in [-0.05, 0) is 38.0 Å². The summed E-state index contributed by atoms with van der Waals surface area (Å²) in [5.41, 5.74) is 1.03. The second-order valence-electron chi connectivity index (χ2n) is 3.99. The third-order valence-electron chi connectivity index (χ3n) is 2.36. The summed E-state index contributed by atoms with van der Waals surface area (Å²) in [6.45, 7) is 10.0. The van der Waals surface area contributed by atoms with Crippen LogP contribution in [0, 0.1) is 0 Å². The molecule has 14 heavy (non-hydrogen) atoms. The molecule has 1 rings (SSSR count). The van der Waals surface area contributed by atoms with Gasteiger partial charge < -0.3 is 4.74 Å². The van der Waals surface area contributed by atoms with E-state index < -0.39 is 0 Å². The predicted octanol–water partition coefficient (Wildman–Crippen LogP) is 3.90. The van der Waals surface area contributed by atoms with E-state index in [1.807, 2.05) is 30.3 Å². The minimum Gasteiger partial charge on any atom is -0.488 e. The summed E-state index contributed by atoms with van der Waals surface area (Å²) < 4.78 is 5.82. The zero-order valence-electron chi connectivity index (χ0n) is 9.21. The van der Waals surface area contributed by atoms with Crippen LogP contribution in [-0.4, -0.2) is 5.60 Å². The topological polar surface area (TPSA) is 9.23 Å². The maximum absolute atomic E-state index is 5.82. The van der Waals surface area contributed by atoms with Gasteiger partial charge in [0, 0.05) is 0 Å². The molecule has 0 saturated heterocycles. The third kappa shape index (κ3) is 2.91. The molecule has 0 aliphatic heterocycles. The molecule has 0 aliphatic carbocycles. The molecule has 0 aromatic heterocycles. The van der Waals surface area contributed by atoms with E-state index in [-0.39, 0.29) is 5.60 Å². The summed E-state index contributed by atoms with van der Waals surface area (Å²) in [5, 5.41) is 0. The molecule has 0 aliphatic rings. The van der Waals surface area contributed by atoms with Gasteiger partial charge in [0.15, 0.2) is 0 Å². The van der Waals surface area contributed by atoms with Gasteiger partial charge in [-0.3, -0.25) is 0 Å². The number of rotatable bonds is 4. The predicted molar refractivity (Wildman–Crippen MR) is 61.5 cm³/mol. The van der Waals surface area contributed by atoms with Gasteiger partial charge >= 0.3 is 0 Å². The molecule has 1 nitrogen and oxygen atoms in total. The summed E-state index contributed by atoms with van der Waals surface area (Å²) in [6, 6.07) is 7.98. The van der Waals surface area contributed by atoms with Crippen LogP contribution in [0.1, 0.15) is 32.8 Å². The highest BCUT2D eigenvalue weighted by molar-refractivity contribution is 5.48. The summed E-state index contributed by atoms with van der Waals surface area (Å²) >= 11 is 0. The standard InChI is InChI=1S/C13H18O/c1-5-11-7-9-12(10-8-11)14-13(3,4)6-2/h5,7-10H,1,6H2,2-4H3. The Labute approximate surface area is 86.4 Å². The van der Waals surface area contributed by atoms with Crippen molar-refractivity contribution < 1.29 is 4.74 Å². The minimum absolute atomic E-state index is 0.0876. The van der Waals surface area contributed by atoms with Gasteiger partial charge in [-0.25, -0.2) is 0 Å². The van der Waals surface area contributed by atoms with Crippen molar-refractivity contribution in [2.75, 3.05) is 0 Å². The Morgan fingerprint density at radius 2 is 1.86 bits per heavy atom. The van der Waals surface area contributed by atoms with Gasteiger partial charge in [0.1, 0.15) is 11.4 Å². The summed E-state index contributed by atoms with van der Waals surface area (Å²) in [6.07, 6.45) is 2.82. The molecule has 0 N–H and O–H groups in total. The van der Waals surface area contributed by atoms with Crippen molar-refractivity contribution in [1.82, 2.24) is 0 Å². The molecule has 76 valence electrons. The van der Waals surface area contributed by atoms with Crippen molar-refractivity contribution in [3.8, 4) is 5.75 Å². The fraction of sp³-hybridized carbons (Fsp3) is 0.385. The fourth-order valence-corrected chi connectivity index (χ4v) is 1.06. The number of benzene rings is 1. The summed E-state index contributed by atoms with van der Waals surface area (Å²) in [4.78, 5) is 0. The Bertz CT molecular complexity index is 296. The highest BCUT2D eigenvalue weighted by Gasteiger charge is 2.16. The highest BCUT2D eigenvalue weighted by Crippen LogP contribution is 2.21. The average molecular weight is 190 g/mol. The quantitative estimate of drug-likeness (QED) is 0.699. The third-order valence-corrected chi connectivity index (χ3v) is 2.36. The van der Waals surface area contributed by atoms with Crippen LogP contribution in [0.5, 0.6) is 5.75 Å². The minimum atomic E-state index is -0.0876. The summed E-state index contributed by atoms with van der Waals surface area (Å²) in [5.74, 6) is 0.919. The van der Waals surface area contributed by atoms with Gasteiger partial charge in [-0.2, -0.15) is 0 Å². The van der Waals surface area contributed by atoms with Crippen molar-refractivity contribution in [1.29, 1.82) is 0 Å². The lowest BCUT2D eigenvalue weighted by Crippen LogP contribution is -2.26. The molecule has 0 saturated carbocycles. The summed E-state index contributed by atoms with van der Waals surface area (Å²) in [7, 11) is 0. The van der Waals surface area contributed by atoms with E-state index in [4.69, 9.17) is 4.74 Å². The van der Waals surface area contributed by atoms with Gasteiger partial charge in [-0.1, -0.05) is 31.7 Å². The van der Waals surface area contributed by atoms with Gasteiger partial charge in [0.25, 0.3) is 0 Å². The van der Waals surface area contributed by atoms with Crippen LogP contribution in [-0.2, 0) is 0 Å². The Balaban J connectivity index is 2.73. The molecule has 1 heteroatoms. The molecule has 0 atom stereocenters. The van der Waals surface area contributed by atoms with Crippen molar-refractivity contribution in [3.05, 3.63) is 36.4 Å². The number of hydrogen-bond acceptors (Lipinski definition) is 1. The molecular weight excluding hydrogens is 172 g/mol. The van der Waals surface area contributed by atoms with Crippen LogP contribution >= 0.6 is 0 Å². The van der Waals surface area contributed by atoms with Gasteiger partial charge in [-0.15, -0.1) is 0 Å². The smallest absolute Gasteiger partial charge is 0.120 e. The molecular formula is C13H18O. The van der Waals surface area contributed by atoms with E-state index in [2.05, 4.69) is 27.4 Å². The first-order chi connectivity index (χ1) is 6.57. The largest absolute Gasteiger partial charge is 0.488 e. The van der Waals surface area contributed by atoms with Crippen LogP contribution in [0.25, 0.3) is 6.08 Å². The zero-order chi connectivity index (χ0) is 10.6. The Morgan fingerprint density at radius 3 is 2.29 bits per heavy atom. The van der Waals surface area contributed by atoms with Crippen LogP contribution in [0.2, 0.25) is 0 Å². The molecule has 0 unspecified atom stereocenters. The molecule has 0 bridgehead atoms. The van der Waals surface area contributed by atoms with E-state index in [9.17, 15) is 0 Å². The molecule has 0 amide bonds. The normalized spacial score (nSPS) is 11.1. The van der Waals surface area contributed by atoms with Crippen LogP contribution < -0.4 is 4.74 Å². The molecule has 1 aromatic rings. The van der Waals surface area contributed by atoms with Crippen molar-refractivity contribution in [2.45, 2.75) is 32.8 Å². The first-order valence-electron chi connectivity index (χ1n) is 4.99. The van der Waals surface area contributed by atoms with E-state index in [0.717, 1.165) is 17.7 Å². The average Bonchev–Trinajstić information content (AvgIpc) is 2.19. The lowest BCUT2D eigenvalue weighted by atomic mass is 10.1. The lowest BCUT2D eigenvalue weighted by molar-refractivity contribution is 0.105. The van der Waals surface area contributed by atoms with Crippen molar-refractivity contribution >= 4 is 6.08 Å². The van der Waals surface area contributed by atoms with E-state index in [0.29, 0.717) is 0 Å². The lowest BCUT2D eigenvalue weighted by Gasteiger charge is -2.24. The zero-order valence-corrected chi connectivity index (χ0v) is 9.21. The molecule has 0 heterocycles. The SMILES string of the molecule is C=Cc1ccc(OC(C)(C)CC)cc1. The van der Waals surface area contributed by atoms with Gasteiger partial charge in [0.05, 0.1) is 0 Å². The maximum atomic E-state index is 5.82. The Kier molecular flexibility index (Phi) is 3.34. The molecule has 0 spiro atoms. The molecule has 1 aromatic carbocycles. The van der Waals surface area contributed by atoms with Crippen LogP contribution in [0.4, 0.5) is 0 Å². The fourth-order valence-electron chi connectivity index (χ4n) is 1.06. The van der Waals surface area contributed by atoms with Crippen molar-refractivity contribution in [2.24, 2.45) is 0 Å². The first kappa shape index (κ1) is 10.8. The van der Waals surface area contributed by atoms with Crippen LogP contribution in [0.3, 0.4) is 0 Å². The Hall–Kier alpha value is -1.24. The number of hydrogen-bond donors (Lipinski definition) is 0. The second-order valence-corrected chi connectivity index (χ2v) is 3.99. The molecule has 0 radical (unpaired) electrons.